The summed E-state index contributed by atoms with van der Waals surface area (Å²) in [6.07, 6.45) is 1.34. The fraction of sp³-hybridized carbons (Fsp3) is 0.300. The molecule has 7 nitrogen and oxygen atoms in total. The average molecular weight is 402 g/mol. The van der Waals surface area contributed by atoms with Crippen LogP contribution in [0.1, 0.15) is 28.8 Å². The van der Waals surface area contributed by atoms with Crippen molar-refractivity contribution in [2.24, 2.45) is 0 Å². The normalized spacial score (nSPS) is 14.5. The van der Waals surface area contributed by atoms with Crippen molar-refractivity contribution in [1.82, 2.24) is 4.31 Å². The molecule has 1 fully saturated rings. The van der Waals surface area contributed by atoms with Crippen LogP contribution in [-0.4, -0.2) is 45.3 Å². The van der Waals surface area contributed by atoms with Crippen molar-refractivity contribution in [1.29, 1.82) is 0 Å². The molecule has 1 amide bonds. The van der Waals surface area contributed by atoms with Gasteiger partial charge in [0.15, 0.2) is 0 Å². The van der Waals surface area contributed by atoms with E-state index in [9.17, 15) is 18.0 Å². The molecule has 148 valence electrons. The molecule has 0 aromatic heterocycles. The number of hydrogen-bond acceptors (Lipinski definition) is 5. The number of anilines is 1. The third kappa shape index (κ3) is 4.07. The highest BCUT2D eigenvalue weighted by Gasteiger charge is 2.24. The second-order valence-electron chi connectivity index (χ2n) is 6.59. The summed E-state index contributed by atoms with van der Waals surface area (Å²) in [5.74, 6) is -0.382. The van der Waals surface area contributed by atoms with Crippen LogP contribution >= 0.6 is 0 Å². The van der Waals surface area contributed by atoms with Crippen LogP contribution in [0.4, 0.5) is 5.69 Å². The Morgan fingerprint density at radius 2 is 1.75 bits per heavy atom. The van der Waals surface area contributed by atoms with E-state index in [2.05, 4.69) is 4.74 Å². The van der Waals surface area contributed by atoms with Crippen molar-refractivity contribution in [3.8, 4) is 0 Å². The van der Waals surface area contributed by atoms with Crippen LogP contribution in [0.3, 0.4) is 0 Å². The number of carbonyl (C=O) groups is 2. The Balaban J connectivity index is 1.72. The lowest BCUT2D eigenvalue weighted by atomic mass is 10.1. The molecule has 0 unspecified atom stereocenters. The van der Waals surface area contributed by atoms with Crippen molar-refractivity contribution in [2.45, 2.75) is 24.3 Å². The van der Waals surface area contributed by atoms with Gasteiger partial charge >= 0.3 is 5.97 Å². The first kappa shape index (κ1) is 20.0. The van der Waals surface area contributed by atoms with Crippen LogP contribution in [0.15, 0.2) is 53.4 Å². The third-order valence-corrected chi connectivity index (χ3v) is 6.53. The van der Waals surface area contributed by atoms with Crippen molar-refractivity contribution in [3.63, 3.8) is 0 Å². The molecule has 0 N–H and O–H groups in total. The number of nitrogens with zero attached hydrogens (tertiary/aromatic N) is 2. The number of ether oxygens (including phenoxy) is 1. The number of rotatable bonds is 6. The van der Waals surface area contributed by atoms with Gasteiger partial charge in [-0.15, -0.1) is 0 Å². The van der Waals surface area contributed by atoms with E-state index in [0.29, 0.717) is 24.2 Å². The van der Waals surface area contributed by atoms with E-state index in [0.717, 1.165) is 12.0 Å². The third-order valence-electron chi connectivity index (χ3n) is 4.71. The number of amides is 1. The summed E-state index contributed by atoms with van der Waals surface area (Å²) in [7, 11) is -0.875. The second kappa shape index (κ2) is 8.12. The molecule has 3 rings (SSSR count). The Hall–Kier alpha value is -2.71. The average Bonchev–Trinajstić information content (AvgIpc) is 3.14. The van der Waals surface area contributed by atoms with Gasteiger partial charge in [-0.05, 0) is 48.4 Å². The van der Waals surface area contributed by atoms with Gasteiger partial charge in [-0.2, -0.15) is 4.31 Å². The number of hydrogen-bond donors (Lipinski definition) is 0. The molecule has 2 aromatic carbocycles. The maximum Gasteiger partial charge on any atom is 0.337 e. The molecule has 0 radical (unpaired) electrons. The van der Waals surface area contributed by atoms with E-state index < -0.39 is 16.0 Å². The number of benzene rings is 2. The lowest BCUT2D eigenvalue weighted by Gasteiger charge is -2.19. The molecule has 28 heavy (non-hydrogen) atoms. The lowest BCUT2D eigenvalue weighted by molar-refractivity contribution is -0.117. The second-order valence-corrected chi connectivity index (χ2v) is 8.64. The zero-order chi connectivity index (χ0) is 20.3. The highest BCUT2D eigenvalue weighted by molar-refractivity contribution is 7.89. The molecule has 1 aliphatic heterocycles. The maximum absolute atomic E-state index is 12.8. The molecule has 0 atom stereocenters. The van der Waals surface area contributed by atoms with Gasteiger partial charge in [0.25, 0.3) is 0 Å². The Labute approximate surface area is 164 Å². The standard InChI is InChI=1S/C20H22N2O5S/c1-21(14-15-5-7-16(8-6-15)20(24)27-2)28(25,26)18-11-9-17(10-12-18)22-13-3-4-19(22)23/h5-12H,3-4,13-14H2,1-2H3. The van der Waals surface area contributed by atoms with Gasteiger partial charge in [0, 0.05) is 32.2 Å². The molecule has 0 spiro atoms. The van der Waals surface area contributed by atoms with Gasteiger partial charge in [0.1, 0.15) is 0 Å². The van der Waals surface area contributed by atoms with E-state index in [1.165, 1.54) is 30.6 Å². The first-order chi connectivity index (χ1) is 13.3. The first-order valence-corrected chi connectivity index (χ1v) is 10.3. The SMILES string of the molecule is COC(=O)c1ccc(CN(C)S(=O)(=O)c2ccc(N3CCCC3=O)cc2)cc1. The molecule has 1 heterocycles. The quantitative estimate of drug-likeness (QED) is 0.693. The van der Waals surface area contributed by atoms with Gasteiger partial charge in [0.2, 0.25) is 15.9 Å². The molecule has 1 saturated heterocycles. The van der Waals surface area contributed by atoms with E-state index in [4.69, 9.17) is 0 Å². The Kier molecular flexibility index (Phi) is 5.81. The Bertz CT molecular complexity index is 969. The van der Waals surface area contributed by atoms with Gasteiger partial charge in [0.05, 0.1) is 17.6 Å². The highest BCUT2D eigenvalue weighted by Crippen LogP contribution is 2.24. The number of sulfonamides is 1. The van der Waals surface area contributed by atoms with Gasteiger partial charge in [-0.25, -0.2) is 13.2 Å². The van der Waals surface area contributed by atoms with E-state index in [1.54, 1.807) is 41.3 Å². The molecule has 0 bridgehead atoms. The van der Waals surface area contributed by atoms with E-state index in [1.807, 2.05) is 0 Å². The summed E-state index contributed by atoms with van der Waals surface area (Å²) >= 11 is 0. The minimum Gasteiger partial charge on any atom is -0.465 e. The van der Waals surface area contributed by atoms with Crippen LogP contribution in [0.2, 0.25) is 0 Å². The summed E-state index contributed by atoms with van der Waals surface area (Å²) in [4.78, 5) is 25.1. The Morgan fingerprint density at radius 3 is 2.29 bits per heavy atom. The van der Waals surface area contributed by atoms with Gasteiger partial charge in [-0.1, -0.05) is 12.1 Å². The van der Waals surface area contributed by atoms with Crippen molar-refractivity contribution in [2.75, 3.05) is 25.6 Å². The van der Waals surface area contributed by atoms with E-state index >= 15 is 0 Å². The first-order valence-electron chi connectivity index (χ1n) is 8.87. The smallest absolute Gasteiger partial charge is 0.337 e. The van der Waals surface area contributed by atoms with Crippen molar-refractivity contribution < 1.29 is 22.7 Å². The number of methoxy groups -OCH3 is 1. The molecule has 0 saturated carbocycles. The summed E-state index contributed by atoms with van der Waals surface area (Å²) in [6, 6.07) is 13.0. The van der Waals surface area contributed by atoms with Crippen molar-refractivity contribution in [3.05, 3.63) is 59.7 Å². The molecular formula is C20H22N2O5S. The zero-order valence-electron chi connectivity index (χ0n) is 15.8. The topological polar surface area (TPSA) is 84.0 Å². The fourth-order valence-corrected chi connectivity index (χ4v) is 4.26. The van der Waals surface area contributed by atoms with E-state index in [-0.39, 0.29) is 17.3 Å². The number of carbonyl (C=O) groups excluding carboxylic acids is 2. The largest absolute Gasteiger partial charge is 0.465 e. The van der Waals surface area contributed by atoms with Crippen LogP contribution in [0.25, 0.3) is 0 Å². The predicted molar refractivity (Wildman–Crippen MR) is 104 cm³/mol. The molecule has 0 aliphatic carbocycles. The summed E-state index contributed by atoms with van der Waals surface area (Å²) in [5.41, 5.74) is 1.87. The van der Waals surface area contributed by atoms with Gasteiger partial charge in [-0.3, -0.25) is 4.79 Å². The molecular weight excluding hydrogens is 380 g/mol. The summed E-state index contributed by atoms with van der Waals surface area (Å²) in [6.45, 7) is 0.822. The van der Waals surface area contributed by atoms with Crippen LogP contribution in [0, 0.1) is 0 Å². The molecule has 8 heteroatoms. The molecule has 1 aliphatic rings. The summed E-state index contributed by atoms with van der Waals surface area (Å²) < 4.78 is 31.6. The zero-order valence-corrected chi connectivity index (χ0v) is 16.6. The fourth-order valence-electron chi connectivity index (χ4n) is 3.11. The monoisotopic (exact) mass is 402 g/mol. The van der Waals surface area contributed by atoms with Crippen LogP contribution in [-0.2, 0) is 26.1 Å². The minimum atomic E-state index is -3.68. The maximum atomic E-state index is 12.8. The Morgan fingerprint density at radius 1 is 1.11 bits per heavy atom. The van der Waals surface area contributed by atoms with Crippen LogP contribution < -0.4 is 4.90 Å². The molecule has 2 aromatic rings. The highest BCUT2D eigenvalue weighted by atomic mass is 32.2. The summed E-state index contributed by atoms with van der Waals surface area (Å²) in [5, 5.41) is 0. The minimum absolute atomic E-state index is 0.0585. The van der Waals surface area contributed by atoms with Gasteiger partial charge < -0.3 is 9.64 Å². The lowest BCUT2D eigenvalue weighted by Crippen LogP contribution is -2.27. The number of esters is 1. The van der Waals surface area contributed by atoms with Crippen molar-refractivity contribution >= 4 is 27.6 Å². The van der Waals surface area contributed by atoms with Crippen LogP contribution in [0.5, 0.6) is 0 Å². The predicted octanol–water partition coefficient (Wildman–Crippen LogP) is 2.42.